The number of urea groups is 1. The molecule has 1 aromatic carbocycles. The topological polar surface area (TPSA) is 104 Å². The Morgan fingerprint density at radius 1 is 1.06 bits per heavy atom. The second-order valence-electron chi connectivity index (χ2n) is 8.58. The molecule has 0 radical (unpaired) electrons. The molecule has 9 nitrogen and oxygen atoms in total. The van der Waals surface area contributed by atoms with Gasteiger partial charge in [-0.2, -0.15) is 18.2 Å². The van der Waals surface area contributed by atoms with E-state index in [1.165, 1.54) is 12.1 Å². The molecule has 3 amide bonds. The van der Waals surface area contributed by atoms with Crippen molar-refractivity contribution in [1.82, 2.24) is 30.6 Å². The molecular weight excluding hydrogens is 453 g/mol. The molecule has 2 aromatic rings. The molecule has 0 spiro atoms. The minimum absolute atomic E-state index is 0.0769. The predicted octanol–water partition coefficient (Wildman–Crippen LogP) is 3.06. The average Bonchev–Trinajstić information content (AvgIpc) is 3.27. The molecule has 3 rings (SSSR count). The standard InChI is InChI=1S/C22H29F3N6O3/c1-13(2)26-21(33)28-19(32)14(3)30-8-10-31(11-9-30)15(4)20-27-18(29-34-20)16-6-5-7-17(12-16)22(23,24)25/h5-7,12-15H,8-11H2,1-4H3,(H2,26,28,32,33). The number of nitrogens with one attached hydrogen (secondary N) is 2. The van der Waals surface area contributed by atoms with Crippen molar-refractivity contribution in [2.24, 2.45) is 0 Å². The van der Waals surface area contributed by atoms with E-state index in [0.29, 0.717) is 32.1 Å². The SMILES string of the molecule is CC(C)NC(=O)NC(=O)C(C)N1CCN(C(C)c2nc(-c3cccc(C(F)(F)F)c3)no2)CC1. The van der Waals surface area contributed by atoms with Gasteiger partial charge in [0, 0.05) is 37.8 Å². The van der Waals surface area contributed by atoms with Gasteiger partial charge >= 0.3 is 12.2 Å². The van der Waals surface area contributed by atoms with Crippen molar-refractivity contribution in [3.05, 3.63) is 35.7 Å². The molecule has 2 atom stereocenters. The Labute approximate surface area is 195 Å². The van der Waals surface area contributed by atoms with Gasteiger partial charge in [-0.1, -0.05) is 17.3 Å². The molecule has 0 bridgehead atoms. The van der Waals surface area contributed by atoms with Gasteiger partial charge in [0.05, 0.1) is 17.6 Å². The van der Waals surface area contributed by atoms with Crippen LogP contribution in [-0.2, 0) is 11.0 Å². The highest BCUT2D eigenvalue weighted by atomic mass is 19.4. The third kappa shape index (κ3) is 6.32. The third-order valence-electron chi connectivity index (χ3n) is 5.73. The Balaban J connectivity index is 1.57. The van der Waals surface area contributed by atoms with E-state index in [9.17, 15) is 22.8 Å². The number of imide groups is 1. The Bertz CT molecular complexity index is 1000. The van der Waals surface area contributed by atoms with Gasteiger partial charge in [0.2, 0.25) is 17.6 Å². The van der Waals surface area contributed by atoms with Crippen molar-refractivity contribution in [3.63, 3.8) is 0 Å². The van der Waals surface area contributed by atoms with Crippen molar-refractivity contribution in [3.8, 4) is 11.4 Å². The van der Waals surface area contributed by atoms with Crippen LogP contribution >= 0.6 is 0 Å². The second-order valence-corrected chi connectivity index (χ2v) is 8.58. The number of carbonyl (C=O) groups excluding carboxylic acids is 2. The first-order valence-electron chi connectivity index (χ1n) is 11.1. The fraction of sp³-hybridized carbons (Fsp3) is 0.545. The zero-order chi connectivity index (χ0) is 25.0. The lowest BCUT2D eigenvalue weighted by atomic mass is 10.1. The van der Waals surface area contributed by atoms with Crippen LogP contribution in [0.2, 0.25) is 0 Å². The van der Waals surface area contributed by atoms with Crippen molar-refractivity contribution in [2.45, 2.75) is 52.0 Å². The van der Waals surface area contributed by atoms with Crippen LogP contribution in [0, 0.1) is 0 Å². The lowest BCUT2D eigenvalue weighted by molar-refractivity contribution is -0.137. The number of aromatic nitrogens is 2. The van der Waals surface area contributed by atoms with E-state index < -0.39 is 23.8 Å². The molecule has 1 aliphatic rings. The highest BCUT2D eigenvalue weighted by Gasteiger charge is 2.32. The number of hydrogen-bond acceptors (Lipinski definition) is 7. The number of piperazine rings is 1. The third-order valence-corrected chi connectivity index (χ3v) is 5.73. The number of nitrogens with zero attached hydrogens (tertiary/aromatic N) is 4. The van der Waals surface area contributed by atoms with Crippen LogP contribution in [-0.4, -0.2) is 70.1 Å². The van der Waals surface area contributed by atoms with E-state index in [0.717, 1.165) is 12.1 Å². The monoisotopic (exact) mass is 482 g/mol. The minimum Gasteiger partial charge on any atom is -0.337 e. The molecule has 0 saturated carbocycles. The van der Waals surface area contributed by atoms with Gasteiger partial charge in [-0.15, -0.1) is 0 Å². The van der Waals surface area contributed by atoms with E-state index in [2.05, 4.69) is 25.7 Å². The van der Waals surface area contributed by atoms with Crippen molar-refractivity contribution >= 4 is 11.9 Å². The van der Waals surface area contributed by atoms with Crippen LogP contribution in [0.4, 0.5) is 18.0 Å². The summed E-state index contributed by atoms with van der Waals surface area (Å²) in [4.78, 5) is 32.5. The van der Waals surface area contributed by atoms with Gasteiger partial charge in [0.1, 0.15) is 0 Å². The zero-order valence-corrected chi connectivity index (χ0v) is 19.5. The smallest absolute Gasteiger partial charge is 0.337 e. The summed E-state index contributed by atoms with van der Waals surface area (Å²) in [5.74, 6) is 0.0239. The summed E-state index contributed by atoms with van der Waals surface area (Å²) < 4.78 is 44.3. The van der Waals surface area contributed by atoms with Crippen LogP contribution in [0.25, 0.3) is 11.4 Å². The molecule has 186 valence electrons. The number of rotatable bonds is 6. The molecule has 2 unspecified atom stereocenters. The molecule has 0 aliphatic carbocycles. The largest absolute Gasteiger partial charge is 0.416 e. The van der Waals surface area contributed by atoms with E-state index in [1.807, 2.05) is 11.8 Å². The summed E-state index contributed by atoms with van der Waals surface area (Å²) in [5, 5.41) is 8.83. The Morgan fingerprint density at radius 3 is 2.32 bits per heavy atom. The van der Waals surface area contributed by atoms with E-state index in [-0.39, 0.29) is 29.4 Å². The van der Waals surface area contributed by atoms with Crippen molar-refractivity contribution in [2.75, 3.05) is 26.2 Å². The zero-order valence-electron chi connectivity index (χ0n) is 19.5. The van der Waals surface area contributed by atoms with E-state index >= 15 is 0 Å². The molecule has 34 heavy (non-hydrogen) atoms. The Hall–Kier alpha value is -2.99. The average molecular weight is 483 g/mol. The van der Waals surface area contributed by atoms with Crippen LogP contribution in [0.15, 0.2) is 28.8 Å². The van der Waals surface area contributed by atoms with E-state index in [1.54, 1.807) is 20.8 Å². The fourth-order valence-electron chi connectivity index (χ4n) is 3.71. The number of amides is 3. The van der Waals surface area contributed by atoms with E-state index in [4.69, 9.17) is 4.52 Å². The summed E-state index contributed by atoms with van der Waals surface area (Å²) in [7, 11) is 0. The molecule has 1 aliphatic heterocycles. The van der Waals surface area contributed by atoms with Crippen molar-refractivity contribution in [1.29, 1.82) is 0 Å². The first kappa shape index (κ1) is 25.6. The normalized spacial score (nSPS) is 17.4. The number of halogens is 3. The molecule has 1 fully saturated rings. The number of hydrogen-bond donors (Lipinski definition) is 2. The molecule has 2 N–H and O–H groups in total. The van der Waals surface area contributed by atoms with Gasteiger partial charge in [-0.3, -0.25) is 19.9 Å². The van der Waals surface area contributed by atoms with Crippen LogP contribution in [0.1, 0.15) is 45.2 Å². The first-order valence-corrected chi connectivity index (χ1v) is 11.1. The minimum atomic E-state index is -4.46. The Morgan fingerprint density at radius 2 is 1.71 bits per heavy atom. The summed E-state index contributed by atoms with van der Waals surface area (Å²) in [6, 6.07) is 3.46. The summed E-state index contributed by atoms with van der Waals surface area (Å²) in [5.41, 5.74) is -0.552. The van der Waals surface area contributed by atoms with Crippen LogP contribution in [0.3, 0.4) is 0 Å². The molecule has 2 heterocycles. The van der Waals surface area contributed by atoms with Gasteiger partial charge in [-0.25, -0.2) is 4.79 Å². The maximum absolute atomic E-state index is 13.0. The number of carbonyl (C=O) groups is 2. The number of alkyl halides is 3. The summed E-state index contributed by atoms with van der Waals surface area (Å²) in [6.07, 6.45) is -4.46. The van der Waals surface area contributed by atoms with Gasteiger partial charge in [0.15, 0.2) is 0 Å². The summed E-state index contributed by atoms with van der Waals surface area (Å²) in [6.45, 7) is 9.62. The first-order chi connectivity index (χ1) is 16.0. The Kier molecular flexibility index (Phi) is 7.93. The number of benzene rings is 1. The second kappa shape index (κ2) is 10.5. The fourth-order valence-corrected chi connectivity index (χ4v) is 3.71. The van der Waals surface area contributed by atoms with Gasteiger partial charge < -0.3 is 9.84 Å². The van der Waals surface area contributed by atoms with Gasteiger partial charge in [-0.05, 0) is 39.8 Å². The molecule has 12 heteroatoms. The van der Waals surface area contributed by atoms with Gasteiger partial charge in [0.25, 0.3) is 0 Å². The quantitative estimate of drug-likeness (QED) is 0.652. The van der Waals surface area contributed by atoms with Crippen LogP contribution in [0.5, 0.6) is 0 Å². The molecule has 1 saturated heterocycles. The highest BCUT2D eigenvalue weighted by Crippen LogP contribution is 2.32. The molecule has 1 aromatic heterocycles. The molecular formula is C22H29F3N6O3. The maximum Gasteiger partial charge on any atom is 0.416 e. The summed E-state index contributed by atoms with van der Waals surface area (Å²) >= 11 is 0. The lowest BCUT2D eigenvalue weighted by Gasteiger charge is -2.39. The maximum atomic E-state index is 13.0. The predicted molar refractivity (Wildman–Crippen MR) is 118 cm³/mol. The highest BCUT2D eigenvalue weighted by molar-refractivity contribution is 5.96. The van der Waals surface area contributed by atoms with Crippen LogP contribution < -0.4 is 10.6 Å². The lowest BCUT2D eigenvalue weighted by Crippen LogP contribution is -2.56. The van der Waals surface area contributed by atoms with Crippen molar-refractivity contribution < 1.29 is 27.3 Å².